The fourth-order valence-corrected chi connectivity index (χ4v) is 3.25. The standard InChI is InChI=1S/C16H25BrN2O.2ClH/c1-3-5-15(19-10-8-18-9-11-19)14-12-13(17)6-7-16(14)20-4-2;;/h6-7,12,15,18H,3-5,8-11H2,1-2H3;2*1H/t15-;;/m0../s1. The smallest absolute Gasteiger partial charge is 0.124 e. The Hall–Kier alpha value is -0.000000000000000111. The van der Waals surface area contributed by atoms with Gasteiger partial charge in [0.1, 0.15) is 5.75 Å². The van der Waals surface area contributed by atoms with Crippen LogP contribution in [-0.4, -0.2) is 37.7 Å². The Balaban J connectivity index is 0.00000220. The first-order valence-corrected chi connectivity index (χ1v) is 8.42. The quantitative estimate of drug-likeness (QED) is 0.745. The van der Waals surface area contributed by atoms with Crippen molar-refractivity contribution in [1.29, 1.82) is 0 Å². The second kappa shape index (κ2) is 11.5. The molecule has 6 heteroatoms. The predicted molar refractivity (Wildman–Crippen MR) is 102 cm³/mol. The molecule has 1 aromatic carbocycles. The van der Waals surface area contributed by atoms with E-state index >= 15 is 0 Å². The number of hydrogen-bond acceptors (Lipinski definition) is 3. The van der Waals surface area contributed by atoms with Crippen molar-refractivity contribution in [2.45, 2.75) is 32.7 Å². The van der Waals surface area contributed by atoms with Gasteiger partial charge in [-0.1, -0.05) is 29.3 Å². The number of piperazine rings is 1. The molecule has 128 valence electrons. The first-order chi connectivity index (χ1) is 9.76. The van der Waals surface area contributed by atoms with Crippen molar-refractivity contribution in [2.75, 3.05) is 32.8 Å². The van der Waals surface area contributed by atoms with Crippen LogP contribution in [0.15, 0.2) is 22.7 Å². The largest absolute Gasteiger partial charge is 0.494 e. The number of benzene rings is 1. The lowest BCUT2D eigenvalue weighted by atomic mass is 9.99. The average molecular weight is 414 g/mol. The minimum absolute atomic E-state index is 0. The van der Waals surface area contributed by atoms with Gasteiger partial charge in [0.25, 0.3) is 0 Å². The molecule has 1 N–H and O–H groups in total. The summed E-state index contributed by atoms with van der Waals surface area (Å²) in [6.07, 6.45) is 2.36. The molecule has 0 saturated carbocycles. The molecule has 2 rings (SSSR count). The van der Waals surface area contributed by atoms with Crippen LogP contribution >= 0.6 is 40.7 Å². The van der Waals surface area contributed by atoms with Crippen LogP contribution < -0.4 is 10.1 Å². The topological polar surface area (TPSA) is 24.5 Å². The SMILES string of the molecule is CCC[C@@H](c1cc(Br)ccc1OCC)N1CCNCC1.Cl.Cl. The van der Waals surface area contributed by atoms with Gasteiger partial charge in [0.05, 0.1) is 6.61 Å². The Labute approximate surface area is 155 Å². The second-order valence-electron chi connectivity index (χ2n) is 5.21. The molecule has 1 aromatic rings. The molecular formula is C16H27BrCl2N2O. The minimum atomic E-state index is 0. The van der Waals surface area contributed by atoms with Gasteiger partial charge in [-0.05, 0) is 31.5 Å². The lowest BCUT2D eigenvalue weighted by Crippen LogP contribution is -2.45. The molecular weight excluding hydrogens is 387 g/mol. The summed E-state index contributed by atoms with van der Waals surface area (Å²) in [5, 5.41) is 3.43. The first kappa shape index (κ1) is 22.0. The minimum Gasteiger partial charge on any atom is -0.494 e. The van der Waals surface area contributed by atoms with Crippen LogP contribution in [0.2, 0.25) is 0 Å². The van der Waals surface area contributed by atoms with E-state index in [4.69, 9.17) is 4.74 Å². The van der Waals surface area contributed by atoms with Crippen molar-refractivity contribution in [2.24, 2.45) is 0 Å². The number of hydrogen-bond donors (Lipinski definition) is 1. The molecule has 1 atom stereocenters. The highest BCUT2D eigenvalue weighted by Gasteiger charge is 2.24. The Bertz CT molecular complexity index is 429. The van der Waals surface area contributed by atoms with E-state index < -0.39 is 0 Å². The van der Waals surface area contributed by atoms with Crippen molar-refractivity contribution in [3.8, 4) is 5.75 Å². The van der Waals surface area contributed by atoms with Crippen molar-refractivity contribution >= 4 is 40.7 Å². The second-order valence-corrected chi connectivity index (χ2v) is 6.12. The van der Waals surface area contributed by atoms with E-state index in [0.29, 0.717) is 6.04 Å². The monoisotopic (exact) mass is 412 g/mol. The summed E-state index contributed by atoms with van der Waals surface area (Å²) >= 11 is 3.60. The number of nitrogens with zero attached hydrogens (tertiary/aromatic N) is 1. The van der Waals surface area contributed by atoms with E-state index in [1.165, 1.54) is 18.4 Å². The molecule has 0 amide bonds. The molecule has 0 bridgehead atoms. The summed E-state index contributed by atoms with van der Waals surface area (Å²) in [5.74, 6) is 1.03. The molecule has 22 heavy (non-hydrogen) atoms. The van der Waals surface area contributed by atoms with Gasteiger partial charge in [-0.25, -0.2) is 0 Å². The Morgan fingerprint density at radius 2 is 1.91 bits per heavy atom. The zero-order valence-corrected chi connectivity index (χ0v) is 16.5. The van der Waals surface area contributed by atoms with E-state index in [1.807, 2.05) is 6.92 Å². The Morgan fingerprint density at radius 3 is 2.50 bits per heavy atom. The lowest BCUT2D eigenvalue weighted by molar-refractivity contribution is 0.161. The Morgan fingerprint density at radius 1 is 1.23 bits per heavy atom. The third-order valence-corrected chi connectivity index (χ3v) is 4.28. The zero-order valence-electron chi connectivity index (χ0n) is 13.3. The number of ether oxygens (including phenoxy) is 1. The molecule has 0 unspecified atom stereocenters. The molecule has 3 nitrogen and oxygen atoms in total. The molecule has 1 aliphatic heterocycles. The highest BCUT2D eigenvalue weighted by molar-refractivity contribution is 9.10. The van der Waals surface area contributed by atoms with Crippen LogP contribution in [0.3, 0.4) is 0 Å². The molecule has 0 spiro atoms. The maximum Gasteiger partial charge on any atom is 0.124 e. The van der Waals surface area contributed by atoms with E-state index in [-0.39, 0.29) is 24.8 Å². The van der Waals surface area contributed by atoms with Gasteiger partial charge in [-0.2, -0.15) is 0 Å². The van der Waals surface area contributed by atoms with Gasteiger partial charge in [-0.3, -0.25) is 4.90 Å². The van der Waals surface area contributed by atoms with E-state index in [0.717, 1.165) is 43.0 Å². The fraction of sp³-hybridized carbons (Fsp3) is 0.625. The highest BCUT2D eigenvalue weighted by Crippen LogP contribution is 2.35. The normalized spacial score (nSPS) is 16.3. The van der Waals surface area contributed by atoms with E-state index in [1.54, 1.807) is 0 Å². The van der Waals surface area contributed by atoms with Gasteiger partial charge >= 0.3 is 0 Å². The molecule has 0 aromatic heterocycles. The van der Waals surface area contributed by atoms with Gasteiger partial charge in [0.2, 0.25) is 0 Å². The summed E-state index contributed by atoms with van der Waals surface area (Å²) in [5.41, 5.74) is 1.32. The maximum atomic E-state index is 5.85. The fourth-order valence-electron chi connectivity index (χ4n) is 2.87. The van der Waals surface area contributed by atoms with Gasteiger partial charge in [0, 0.05) is 42.3 Å². The van der Waals surface area contributed by atoms with Crippen LogP contribution in [0.4, 0.5) is 0 Å². The van der Waals surface area contributed by atoms with Crippen molar-refractivity contribution in [3.05, 3.63) is 28.2 Å². The molecule has 0 radical (unpaired) electrons. The third kappa shape index (κ3) is 5.89. The predicted octanol–water partition coefficient (Wildman–Crippen LogP) is 4.44. The van der Waals surface area contributed by atoms with Crippen LogP contribution in [0.25, 0.3) is 0 Å². The summed E-state index contributed by atoms with van der Waals surface area (Å²) in [6.45, 7) is 9.41. The number of nitrogens with one attached hydrogen (secondary N) is 1. The van der Waals surface area contributed by atoms with E-state index in [9.17, 15) is 0 Å². The molecule has 1 heterocycles. The van der Waals surface area contributed by atoms with Gasteiger partial charge in [0.15, 0.2) is 0 Å². The number of rotatable bonds is 6. The molecule has 0 aliphatic carbocycles. The average Bonchev–Trinajstić information content (AvgIpc) is 2.48. The summed E-state index contributed by atoms with van der Waals surface area (Å²) in [6, 6.07) is 6.84. The van der Waals surface area contributed by atoms with Crippen LogP contribution in [0, 0.1) is 0 Å². The van der Waals surface area contributed by atoms with Crippen LogP contribution in [0.5, 0.6) is 5.75 Å². The highest BCUT2D eigenvalue weighted by atomic mass is 79.9. The maximum absolute atomic E-state index is 5.85. The van der Waals surface area contributed by atoms with Crippen molar-refractivity contribution < 1.29 is 4.74 Å². The molecule has 1 fully saturated rings. The number of halogens is 3. The van der Waals surface area contributed by atoms with Crippen LogP contribution in [-0.2, 0) is 0 Å². The van der Waals surface area contributed by atoms with Crippen molar-refractivity contribution in [3.63, 3.8) is 0 Å². The first-order valence-electron chi connectivity index (χ1n) is 7.63. The van der Waals surface area contributed by atoms with Crippen molar-refractivity contribution in [1.82, 2.24) is 10.2 Å². The molecule has 1 saturated heterocycles. The zero-order chi connectivity index (χ0) is 14.4. The third-order valence-electron chi connectivity index (χ3n) is 3.79. The van der Waals surface area contributed by atoms with Gasteiger partial charge in [-0.15, -0.1) is 24.8 Å². The lowest BCUT2D eigenvalue weighted by Gasteiger charge is -2.36. The molecule has 1 aliphatic rings. The van der Waals surface area contributed by atoms with Gasteiger partial charge < -0.3 is 10.1 Å². The van der Waals surface area contributed by atoms with E-state index in [2.05, 4.69) is 51.3 Å². The summed E-state index contributed by atoms with van der Waals surface area (Å²) in [4.78, 5) is 2.59. The summed E-state index contributed by atoms with van der Waals surface area (Å²) in [7, 11) is 0. The summed E-state index contributed by atoms with van der Waals surface area (Å²) < 4.78 is 6.98. The van der Waals surface area contributed by atoms with Crippen LogP contribution in [0.1, 0.15) is 38.3 Å². The Kier molecular flexibility index (Phi) is 11.5.